The van der Waals surface area contributed by atoms with E-state index in [1.807, 2.05) is 0 Å². The lowest BCUT2D eigenvalue weighted by molar-refractivity contribution is -0.138. The van der Waals surface area contributed by atoms with E-state index in [0.29, 0.717) is 0 Å². The van der Waals surface area contributed by atoms with Crippen molar-refractivity contribution < 1.29 is 19.8 Å². The Morgan fingerprint density at radius 2 is 2.20 bits per heavy atom. The van der Waals surface area contributed by atoms with Crippen LogP contribution in [-0.2, 0) is 4.79 Å². The first kappa shape index (κ1) is 11.0. The SMILES string of the molecule is C[C@H](NC(=O)c1ncccc1O)C(=O)O. The van der Waals surface area contributed by atoms with Gasteiger partial charge in [-0.15, -0.1) is 0 Å². The lowest BCUT2D eigenvalue weighted by Gasteiger charge is -2.08. The Morgan fingerprint density at radius 1 is 1.53 bits per heavy atom. The Bertz CT molecular complexity index is 391. The smallest absolute Gasteiger partial charge is 0.325 e. The second kappa shape index (κ2) is 4.41. The number of nitrogens with zero attached hydrogens (tertiary/aromatic N) is 1. The molecule has 0 spiro atoms. The van der Waals surface area contributed by atoms with E-state index in [-0.39, 0.29) is 11.4 Å². The van der Waals surface area contributed by atoms with Crippen LogP contribution in [-0.4, -0.2) is 33.1 Å². The third-order valence-corrected chi connectivity index (χ3v) is 1.72. The number of aromatic hydroxyl groups is 1. The molecule has 1 aromatic rings. The fourth-order valence-corrected chi connectivity index (χ4v) is 0.899. The average Bonchev–Trinajstić information content (AvgIpc) is 2.18. The van der Waals surface area contributed by atoms with E-state index in [9.17, 15) is 14.7 Å². The third kappa shape index (κ3) is 2.67. The van der Waals surface area contributed by atoms with Gasteiger partial charge in [0.15, 0.2) is 5.69 Å². The molecule has 6 heteroatoms. The van der Waals surface area contributed by atoms with E-state index < -0.39 is 17.9 Å². The molecular weight excluding hydrogens is 200 g/mol. The molecule has 0 radical (unpaired) electrons. The maximum Gasteiger partial charge on any atom is 0.325 e. The molecule has 0 saturated heterocycles. The summed E-state index contributed by atoms with van der Waals surface area (Å²) < 4.78 is 0. The molecule has 3 N–H and O–H groups in total. The summed E-state index contributed by atoms with van der Waals surface area (Å²) in [5.41, 5.74) is -0.189. The predicted molar refractivity (Wildman–Crippen MR) is 50.5 cm³/mol. The van der Waals surface area contributed by atoms with E-state index in [1.54, 1.807) is 0 Å². The summed E-state index contributed by atoms with van der Waals surface area (Å²) in [6.07, 6.45) is 1.33. The zero-order valence-electron chi connectivity index (χ0n) is 7.97. The van der Waals surface area contributed by atoms with E-state index >= 15 is 0 Å². The zero-order valence-corrected chi connectivity index (χ0v) is 7.97. The van der Waals surface area contributed by atoms with Crippen molar-refractivity contribution in [2.75, 3.05) is 0 Å². The summed E-state index contributed by atoms with van der Waals surface area (Å²) in [5.74, 6) is -2.16. The quantitative estimate of drug-likeness (QED) is 0.651. The van der Waals surface area contributed by atoms with E-state index in [4.69, 9.17) is 5.11 Å². The first-order chi connectivity index (χ1) is 7.02. The monoisotopic (exact) mass is 210 g/mol. The fraction of sp³-hybridized carbons (Fsp3) is 0.222. The Hall–Kier alpha value is -2.11. The van der Waals surface area contributed by atoms with Gasteiger partial charge in [-0.2, -0.15) is 0 Å². The summed E-state index contributed by atoms with van der Waals surface area (Å²) >= 11 is 0. The molecule has 0 aromatic carbocycles. The summed E-state index contributed by atoms with van der Waals surface area (Å²) in [5, 5.41) is 20.0. The number of aliphatic carboxylic acids is 1. The van der Waals surface area contributed by atoms with Crippen molar-refractivity contribution in [1.82, 2.24) is 10.3 Å². The van der Waals surface area contributed by atoms with Crippen LogP contribution in [0, 0.1) is 0 Å². The van der Waals surface area contributed by atoms with Crippen molar-refractivity contribution in [1.29, 1.82) is 0 Å². The molecular formula is C9H10N2O4. The lowest BCUT2D eigenvalue weighted by atomic mass is 10.2. The van der Waals surface area contributed by atoms with E-state index in [1.165, 1.54) is 25.3 Å². The standard InChI is InChI=1S/C9H10N2O4/c1-5(9(14)15)11-8(13)7-6(12)3-2-4-10-7/h2-5,12H,1H3,(H,11,13)(H,14,15)/t5-/m0/s1. The molecule has 0 fully saturated rings. The van der Waals surface area contributed by atoms with Crippen LogP contribution in [0.4, 0.5) is 0 Å². The molecule has 1 aromatic heterocycles. The Morgan fingerprint density at radius 3 is 2.73 bits per heavy atom. The molecule has 1 rings (SSSR count). The highest BCUT2D eigenvalue weighted by atomic mass is 16.4. The van der Waals surface area contributed by atoms with Crippen molar-refractivity contribution in [2.24, 2.45) is 0 Å². The van der Waals surface area contributed by atoms with Crippen LogP contribution in [0.15, 0.2) is 18.3 Å². The highest BCUT2D eigenvalue weighted by molar-refractivity contribution is 5.96. The Balaban J connectivity index is 2.78. The number of carboxylic acid groups (broad SMARTS) is 1. The molecule has 0 aliphatic heterocycles. The first-order valence-corrected chi connectivity index (χ1v) is 4.20. The van der Waals surface area contributed by atoms with E-state index in [0.717, 1.165) is 0 Å². The van der Waals surface area contributed by atoms with Crippen molar-refractivity contribution in [3.8, 4) is 5.75 Å². The van der Waals surface area contributed by atoms with E-state index in [2.05, 4.69) is 10.3 Å². The Kier molecular flexibility index (Phi) is 3.22. The number of carbonyl (C=O) groups excluding carboxylic acids is 1. The number of carbonyl (C=O) groups is 2. The highest BCUT2D eigenvalue weighted by Gasteiger charge is 2.18. The number of carboxylic acids is 1. The molecule has 6 nitrogen and oxygen atoms in total. The van der Waals surface area contributed by atoms with Gasteiger partial charge < -0.3 is 15.5 Å². The zero-order chi connectivity index (χ0) is 11.4. The van der Waals surface area contributed by atoms with Gasteiger partial charge in [-0.1, -0.05) is 0 Å². The molecule has 0 saturated carbocycles. The van der Waals surface area contributed by atoms with Crippen LogP contribution in [0.5, 0.6) is 5.75 Å². The maximum absolute atomic E-state index is 11.4. The van der Waals surface area contributed by atoms with Crippen LogP contribution in [0.25, 0.3) is 0 Å². The fourth-order valence-electron chi connectivity index (χ4n) is 0.899. The van der Waals surface area contributed by atoms with Crippen molar-refractivity contribution >= 4 is 11.9 Å². The molecule has 0 aliphatic rings. The van der Waals surface area contributed by atoms with Gasteiger partial charge in [0.2, 0.25) is 0 Å². The van der Waals surface area contributed by atoms with Gasteiger partial charge in [-0.05, 0) is 19.1 Å². The summed E-state index contributed by atoms with van der Waals surface area (Å²) in [7, 11) is 0. The van der Waals surface area contributed by atoms with Gasteiger partial charge in [-0.3, -0.25) is 9.59 Å². The summed E-state index contributed by atoms with van der Waals surface area (Å²) in [6.45, 7) is 1.32. The number of amides is 1. The number of nitrogens with one attached hydrogen (secondary N) is 1. The first-order valence-electron chi connectivity index (χ1n) is 4.20. The normalized spacial score (nSPS) is 11.8. The van der Waals surface area contributed by atoms with Crippen LogP contribution in [0.1, 0.15) is 17.4 Å². The number of pyridine rings is 1. The second-order valence-corrected chi connectivity index (χ2v) is 2.90. The highest BCUT2D eigenvalue weighted by Crippen LogP contribution is 2.11. The van der Waals surface area contributed by atoms with Gasteiger partial charge >= 0.3 is 5.97 Å². The minimum atomic E-state index is -1.15. The Labute approximate surface area is 85.6 Å². The molecule has 0 unspecified atom stereocenters. The number of rotatable bonds is 3. The van der Waals surface area contributed by atoms with Crippen molar-refractivity contribution in [3.05, 3.63) is 24.0 Å². The van der Waals surface area contributed by atoms with Crippen LogP contribution in [0.2, 0.25) is 0 Å². The largest absolute Gasteiger partial charge is 0.505 e. The molecule has 1 heterocycles. The average molecular weight is 210 g/mol. The van der Waals surface area contributed by atoms with Gasteiger partial charge in [0, 0.05) is 6.20 Å². The molecule has 0 aliphatic carbocycles. The predicted octanol–water partition coefficient (Wildman–Crippen LogP) is -0.00990. The maximum atomic E-state index is 11.4. The molecule has 1 atom stereocenters. The summed E-state index contributed by atoms with van der Waals surface area (Å²) in [4.78, 5) is 25.5. The topological polar surface area (TPSA) is 99.5 Å². The van der Waals surface area contributed by atoms with Gasteiger partial charge in [0.05, 0.1) is 0 Å². The second-order valence-electron chi connectivity index (χ2n) is 2.90. The van der Waals surface area contributed by atoms with Crippen LogP contribution >= 0.6 is 0 Å². The lowest BCUT2D eigenvalue weighted by Crippen LogP contribution is -2.38. The molecule has 15 heavy (non-hydrogen) atoms. The van der Waals surface area contributed by atoms with Crippen LogP contribution in [0.3, 0.4) is 0 Å². The van der Waals surface area contributed by atoms with Crippen molar-refractivity contribution in [2.45, 2.75) is 13.0 Å². The summed E-state index contributed by atoms with van der Waals surface area (Å²) in [6, 6.07) is 1.74. The number of hydrogen-bond donors (Lipinski definition) is 3. The van der Waals surface area contributed by atoms with Gasteiger partial charge in [-0.25, -0.2) is 4.98 Å². The van der Waals surface area contributed by atoms with Crippen LogP contribution < -0.4 is 5.32 Å². The van der Waals surface area contributed by atoms with Crippen molar-refractivity contribution in [3.63, 3.8) is 0 Å². The minimum absolute atomic E-state index is 0.189. The number of hydrogen-bond acceptors (Lipinski definition) is 4. The third-order valence-electron chi connectivity index (χ3n) is 1.72. The molecule has 80 valence electrons. The van der Waals surface area contributed by atoms with Gasteiger partial charge in [0.1, 0.15) is 11.8 Å². The number of aromatic nitrogens is 1. The van der Waals surface area contributed by atoms with Gasteiger partial charge in [0.25, 0.3) is 5.91 Å². The molecule has 0 bridgehead atoms. The minimum Gasteiger partial charge on any atom is -0.505 e. The molecule has 1 amide bonds.